The first-order chi connectivity index (χ1) is 10.3. The van der Waals surface area contributed by atoms with Gasteiger partial charge in [0.25, 0.3) is 0 Å². The van der Waals surface area contributed by atoms with Gasteiger partial charge in [0, 0.05) is 12.4 Å². The number of imidazole rings is 1. The molecule has 6 heteroatoms. The first-order valence-electron chi connectivity index (χ1n) is 6.83. The SMILES string of the molecule is CCc1nnc(Cn2ccnc2[C@H](O)c2ccccc2)s1. The van der Waals surface area contributed by atoms with Crippen molar-refractivity contribution in [3.63, 3.8) is 0 Å². The molecule has 0 aliphatic heterocycles. The fourth-order valence-corrected chi connectivity index (χ4v) is 2.91. The normalized spacial score (nSPS) is 12.5. The first kappa shape index (κ1) is 13.9. The van der Waals surface area contributed by atoms with Crippen molar-refractivity contribution in [3.8, 4) is 0 Å². The molecule has 3 rings (SSSR count). The van der Waals surface area contributed by atoms with Crippen molar-refractivity contribution in [1.29, 1.82) is 0 Å². The monoisotopic (exact) mass is 300 g/mol. The molecule has 0 saturated carbocycles. The zero-order chi connectivity index (χ0) is 14.7. The van der Waals surface area contributed by atoms with Crippen molar-refractivity contribution in [1.82, 2.24) is 19.7 Å². The van der Waals surface area contributed by atoms with E-state index in [-0.39, 0.29) is 0 Å². The molecule has 0 amide bonds. The molecule has 0 aliphatic rings. The highest BCUT2D eigenvalue weighted by atomic mass is 32.1. The van der Waals surface area contributed by atoms with Crippen molar-refractivity contribution in [2.24, 2.45) is 0 Å². The molecule has 0 bridgehead atoms. The molecule has 0 saturated heterocycles. The van der Waals surface area contributed by atoms with Crippen LogP contribution in [0.4, 0.5) is 0 Å². The van der Waals surface area contributed by atoms with Crippen LogP contribution in [0.3, 0.4) is 0 Å². The molecule has 1 atom stereocenters. The topological polar surface area (TPSA) is 63.8 Å². The van der Waals surface area contributed by atoms with Crippen LogP contribution in [-0.4, -0.2) is 24.9 Å². The van der Waals surface area contributed by atoms with Crippen LogP contribution in [-0.2, 0) is 13.0 Å². The molecule has 0 fully saturated rings. The van der Waals surface area contributed by atoms with E-state index >= 15 is 0 Å². The van der Waals surface area contributed by atoms with E-state index in [0.717, 1.165) is 22.0 Å². The highest BCUT2D eigenvalue weighted by Crippen LogP contribution is 2.21. The second-order valence-corrected chi connectivity index (χ2v) is 5.82. The number of aryl methyl sites for hydroxylation is 1. The van der Waals surface area contributed by atoms with Gasteiger partial charge in [-0.1, -0.05) is 48.6 Å². The average molecular weight is 300 g/mol. The van der Waals surface area contributed by atoms with E-state index in [4.69, 9.17) is 0 Å². The first-order valence-corrected chi connectivity index (χ1v) is 7.65. The second kappa shape index (κ2) is 6.15. The highest BCUT2D eigenvalue weighted by molar-refractivity contribution is 7.11. The van der Waals surface area contributed by atoms with E-state index in [2.05, 4.69) is 22.1 Å². The third kappa shape index (κ3) is 3.01. The van der Waals surface area contributed by atoms with Gasteiger partial charge in [-0.2, -0.15) is 0 Å². The molecule has 0 aliphatic carbocycles. The summed E-state index contributed by atoms with van der Waals surface area (Å²) in [5.74, 6) is 0.620. The lowest BCUT2D eigenvalue weighted by atomic mass is 10.1. The molecular weight excluding hydrogens is 284 g/mol. The molecule has 0 unspecified atom stereocenters. The van der Waals surface area contributed by atoms with Gasteiger partial charge in [0.1, 0.15) is 21.9 Å². The Labute approximate surface area is 126 Å². The van der Waals surface area contributed by atoms with E-state index < -0.39 is 6.10 Å². The summed E-state index contributed by atoms with van der Waals surface area (Å²) >= 11 is 1.59. The van der Waals surface area contributed by atoms with Gasteiger partial charge in [-0.3, -0.25) is 0 Å². The Hall–Kier alpha value is -2.05. The number of hydrogen-bond acceptors (Lipinski definition) is 5. The number of aromatic nitrogens is 4. The molecule has 2 heterocycles. The number of rotatable bonds is 5. The smallest absolute Gasteiger partial charge is 0.142 e. The Bertz CT molecular complexity index is 707. The highest BCUT2D eigenvalue weighted by Gasteiger charge is 2.16. The summed E-state index contributed by atoms with van der Waals surface area (Å²) in [6.45, 7) is 2.64. The minimum absolute atomic E-state index is 0.580. The Morgan fingerprint density at radius 1 is 1.19 bits per heavy atom. The standard InChI is InChI=1S/C15H16N4OS/c1-2-12-17-18-13(21-12)10-19-9-8-16-15(19)14(20)11-6-4-3-5-7-11/h3-9,14,20H,2,10H2,1H3/t14-/m1/s1. The molecule has 5 nitrogen and oxygen atoms in total. The van der Waals surface area contributed by atoms with Gasteiger partial charge in [0.2, 0.25) is 0 Å². The van der Waals surface area contributed by atoms with Crippen LogP contribution in [0.15, 0.2) is 42.7 Å². The van der Waals surface area contributed by atoms with Crippen LogP contribution in [0, 0.1) is 0 Å². The molecule has 2 aromatic heterocycles. The second-order valence-electron chi connectivity index (χ2n) is 4.67. The summed E-state index contributed by atoms with van der Waals surface area (Å²) in [5, 5.41) is 20.7. The maximum absolute atomic E-state index is 10.5. The van der Waals surface area contributed by atoms with Crippen LogP contribution in [0.1, 0.15) is 34.4 Å². The summed E-state index contributed by atoms with van der Waals surface area (Å²) < 4.78 is 1.91. The van der Waals surface area contributed by atoms with E-state index in [1.54, 1.807) is 17.5 Å². The Balaban J connectivity index is 1.83. The van der Waals surface area contributed by atoms with Gasteiger partial charge < -0.3 is 9.67 Å². The predicted molar refractivity (Wildman–Crippen MR) is 81.1 cm³/mol. The third-order valence-electron chi connectivity index (χ3n) is 3.22. The summed E-state index contributed by atoms with van der Waals surface area (Å²) in [5.41, 5.74) is 0.830. The Morgan fingerprint density at radius 2 is 1.95 bits per heavy atom. The lowest BCUT2D eigenvalue weighted by Gasteiger charge is -2.12. The van der Waals surface area contributed by atoms with Crippen molar-refractivity contribution >= 4 is 11.3 Å². The van der Waals surface area contributed by atoms with Crippen molar-refractivity contribution in [3.05, 3.63) is 64.1 Å². The molecule has 0 radical (unpaired) electrons. The van der Waals surface area contributed by atoms with Crippen LogP contribution in [0.25, 0.3) is 0 Å². The number of benzene rings is 1. The maximum atomic E-state index is 10.5. The van der Waals surface area contributed by atoms with Crippen molar-refractivity contribution in [2.45, 2.75) is 26.0 Å². The van der Waals surface area contributed by atoms with Crippen LogP contribution in [0.2, 0.25) is 0 Å². The Morgan fingerprint density at radius 3 is 2.67 bits per heavy atom. The summed E-state index contributed by atoms with van der Waals surface area (Å²) in [6, 6.07) is 9.53. The fourth-order valence-electron chi connectivity index (χ4n) is 2.13. The van der Waals surface area contributed by atoms with Gasteiger partial charge in [-0.15, -0.1) is 10.2 Å². The van der Waals surface area contributed by atoms with Gasteiger partial charge in [-0.05, 0) is 12.0 Å². The lowest BCUT2D eigenvalue weighted by molar-refractivity contribution is 0.205. The van der Waals surface area contributed by atoms with E-state index in [0.29, 0.717) is 12.4 Å². The van der Waals surface area contributed by atoms with Crippen LogP contribution in [0.5, 0.6) is 0 Å². The molecule has 1 aromatic carbocycles. The molecule has 0 spiro atoms. The lowest BCUT2D eigenvalue weighted by Crippen LogP contribution is -2.10. The van der Waals surface area contributed by atoms with E-state index in [1.807, 2.05) is 41.1 Å². The predicted octanol–water partition coefficient (Wildman–Crippen LogP) is 2.43. The minimum atomic E-state index is -0.736. The van der Waals surface area contributed by atoms with Gasteiger partial charge in [-0.25, -0.2) is 4.98 Å². The van der Waals surface area contributed by atoms with Gasteiger partial charge in [0.15, 0.2) is 0 Å². The fraction of sp³-hybridized carbons (Fsp3) is 0.267. The maximum Gasteiger partial charge on any atom is 0.142 e. The van der Waals surface area contributed by atoms with Gasteiger partial charge in [0.05, 0.1) is 6.54 Å². The zero-order valence-corrected chi connectivity index (χ0v) is 12.5. The zero-order valence-electron chi connectivity index (χ0n) is 11.7. The molecular formula is C15H16N4OS. The van der Waals surface area contributed by atoms with Gasteiger partial charge >= 0.3 is 0 Å². The van der Waals surface area contributed by atoms with Crippen LogP contribution < -0.4 is 0 Å². The summed E-state index contributed by atoms with van der Waals surface area (Å²) in [7, 11) is 0. The number of aliphatic hydroxyl groups excluding tert-OH is 1. The number of aliphatic hydroxyl groups is 1. The average Bonchev–Trinajstić information content (AvgIpc) is 3.17. The van der Waals surface area contributed by atoms with E-state index in [9.17, 15) is 5.11 Å². The third-order valence-corrected chi connectivity index (χ3v) is 4.28. The van der Waals surface area contributed by atoms with Crippen molar-refractivity contribution in [2.75, 3.05) is 0 Å². The van der Waals surface area contributed by atoms with E-state index in [1.165, 1.54) is 0 Å². The number of hydrogen-bond donors (Lipinski definition) is 1. The summed E-state index contributed by atoms with van der Waals surface area (Å²) in [4.78, 5) is 4.29. The van der Waals surface area contributed by atoms with Crippen LogP contribution >= 0.6 is 11.3 Å². The largest absolute Gasteiger partial charge is 0.380 e. The summed E-state index contributed by atoms with van der Waals surface area (Å²) in [6.07, 6.45) is 3.71. The number of nitrogens with zero attached hydrogens (tertiary/aromatic N) is 4. The molecule has 21 heavy (non-hydrogen) atoms. The Kier molecular flexibility index (Phi) is 4.08. The molecule has 108 valence electrons. The quantitative estimate of drug-likeness (QED) is 0.786. The minimum Gasteiger partial charge on any atom is -0.380 e. The molecule has 1 N–H and O–H groups in total. The van der Waals surface area contributed by atoms with Crippen molar-refractivity contribution < 1.29 is 5.11 Å². The molecule has 3 aromatic rings.